The van der Waals surface area contributed by atoms with E-state index in [1.165, 1.54) is 10.7 Å². The first-order valence-electron chi connectivity index (χ1n) is 10.8. The number of benzene rings is 2. The third-order valence-electron chi connectivity index (χ3n) is 5.75. The summed E-state index contributed by atoms with van der Waals surface area (Å²) in [7, 11) is -2.04. The molecule has 168 valence electrons. The maximum atomic E-state index is 13.0. The van der Waals surface area contributed by atoms with Crippen LogP contribution in [-0.4, -0.2) is 56.3 Å². The summed E-state index contributed by atoms with van der Waals surface area (Å²) in [6.45, 7) is 4.14. The van der Waals surface area contributed by atoms with E-state index in [-0.39, 0.29) is 36.5 Å². The molecule has 2 aromatic carbocycles. The van der Waals surface area contributed by atoms with Crippen LogP contribution >= 0.6 is 0 Å². The molecule has 6 nitrogen and oxygen atoms in total. The number of carbonyl (C=O) groups is 1. The van der Waals surface area contributed by atoms with Gasteiger partial charge in [0, 0.05) is 19.6 Å². The van der Waals surface area contributed by atoms with Crippen molar-refractivity contribution < 1.29 is 17.9 Å². The predicted octanol–water partition coefficient (Wildman–Crippen LogP) is 3.60. The molecule has 0 N–H and O–H groups in total. The number of hydrogen-bond acceptors (Lipinski definition) is 5. The number of likely N-dealkylation sites (N-methyl/N-ethyl adjacent to an activating group) is 1. The Balaban J connectivity index is 1.67. The molecule has 0 spiro atoms. The molecule has 1 aliphatic rings. The largest absolute Gasteiger partial charge is 0.461 e. The molecule has 0 aliphatic carbocycles. The van der Waals surface area contributed by atoms with Crippen LogP contribution in [0, 0.1) is 6.92 Å². The molecule has 2 aromatic rings. The molecular formula is C24H32N2O4S. The van der Waals surface area contributed by atoms with Crippen LogP contribution in [0.5, 0.6) is 0 Å². The van der Waals surface area contributed by atoms with Gasteiger partial charge in [-0.2, -0.15) is 4.31 Å². The number of carbonyl (C=O) groups excluding carboxylic acids is 1. The average molecular weight is 445 g/mol. The van der Waals surface area contributed by atoms with Gasteiger partial charge in [-0.3, -0.25) is 9.69 Å². The second kappa shape index (κ2) is 10.9. The Kier molecular flexibility index (Phi) is 8.23. The summed E-state index contributed by atoms with van der Waals surface area (Å²) < 4.78 is 32.9. The van der Waals surface area contributed by atoms with Gasteiger partial charge in [0.2, 0.25) is 10.0 Å². The number of esters is 1. The zero-order chi connectivity index (χ0) is 22.3. The topological polar surface area (TPSA) is 66.9 Å². The van der Waals surface area contributed by atoms with E-state index >= 15 is 0 Å². The lowest BCUT2D eigenvalue weighted by Crippen LogP contribution is -2.47. The average Bonchev–Trinajstić information content (AvgIpc) is 2.79. The van der Waals surface area contributed by atoms with Gasteiger partial charge in [0.25, 0.3) is 0 Å². The van der Waals surface area contributed by atoms with E-state index in [2.05, 4.69) is 4.90 Å². The first-order chi connectivity index (χ1) is 14.9. The molecule has 1 aliphatic heterocycles. The van der Waals surface area contributed by atoms with Crippen molar-refractivity contribution in [3.05, 3.63) is 65.7 Å². The van der Waals surface area contributed by atoms with Gasteiger partial charge in [0.05, 0.1) is 11.3 Å². The second-order valence-electron chi connectivity index (χ2n) is 8.20. The van der Waals surface area contributed by atoms with Gasteiger partial charge >= 0.3 is 5.97 Å². The number of hydrogen-bond donors (Lipinski definition) is 0. The fourth-order valence-corrected chi connectivity index (χ4v) is 5.08. The number of sulfonamides is 1. The normalized spacial score (nSPS) is 16.2. The summed E-state index contributed by atoms with van der Waals surface area (Å²) in [5, 5.41) is 0. The molecule has 31 heavy (non-hydrogen) atoms. The Hall–Kier alpha value is -2.22. The van der Waals surface area contributed by atoms with E-state index in [1.54, 1.807) is 31.3 Å². The summed E-state index contributed by atoms with van der Waals surface area (Å²) in [6.07, 6.45) is 3.45. The summed E-state index contributed by atoms with van der Waals surface area (Å²) in [4.78, 5) is 15.1. The van der Waals surface area contributed by atoms with E-state index < -0.39 is 10.0 Å². The van der Waals surface area contributed by atoms with Crippen LogP contribution in [0.2, 0.25) is 0 Å². The van der Waals surface area contributed by atoms with Crippen molar-refractivity contribution in [2.24, 2.45) is 0 Å². The van der Waals surface area contributed by atoms with E-state index in [4.69, 9.17) is 4.74 Å². The molecule has 1 fully saturated rings. The standard InChI is InChI=1S/C24H32N2O4S/c1-20-11-13-23(14-12-20)31(28,29)25(2)18-22(26-15-7-4-8-16-26)17-24(27)30-19-21-9-5-3-6-10-21/h3,5-6,9-14,22H,4,7-8,15-19H2,1-2H3. The SMILES string of the molecule is Cc1ccc(S(=O)(=O)N(C)CC(CC(=O)OCc2ccccc2)N2CCCCC2)cc1. The smallest absolute Gasteiger partial charge is 0.307 e. The van der Waals surface area contributed by atoms with Gasteiger partial charge in [-0.1, -0.05) is 54.4 Å². The molecule has 0 bridgehead atoms. The Morgan fingerprint density at radius 1 is 1.03 bits per heavy atom. The minimum Gasteiger partial charge on any atom is -0.461 e. The fourth-order valence-electron chi connectivity index (χ4n) is 3.87. The van der Waals surface area contributed by atoms with Crippen LogP contribution in [-0.2, 0) is 26.2 Å². The summed E-state index contributed by atoms with van der Waals surface area (Å²) >= 11 is 0. The number of rotatable bonds is 9. The van der Waals surface area contributed by atoms with Crippen molar-refractivity contribution in [1.29, 1.82) is 0 Å². The van der Waals surface area contributed by atoms with Gasteiger partial charge in [-0.15, -0.1) is 0 Å². The van der Waals surface area contributed by atoms with E-state index in [0.29, 0.717) is 0 Å². The van der Waals surface area contributed by atoms with Crippen molar-refractivity contribution in [1.82, 2.24) is 9.21 Å². The van der Waals surface area contributed by atoms with E-state index in [1.807, 2.05) is 37.3 Å². The molecule has 0 saturated carbocycles. The van der Waals surface area contributed by atoms with Crippen LogP contribution in [0.25, 0.3) is 0 Å². The van der Waals surface area contributed by atoms with Crippen LogP contribution in [0.15, 0.2) is 59.5 Å². The number of likely N-dealkylation sites (tertiary alicyclic amines) is 1. The summed E-state index contributed by atoms with van der Waals surface area (Å²) in [5.74, 6) is -0.305. The molecule has 3 rings (SSSR count). The molecule has 0 amide bonds. The van der Waals surface area contributed by atoms with Gasteiger partial charge in [-0.25, -0.2) is 8.42 Å². The number of piperidine rings is 1. The predicted molar refractivity (Wildman–Crippen MR) is 121 cm³/mol. The molecule has 0 radical (unpaired) electrons. The minimum absolute atomic E-state index is 0.167. The minimum atomic E-state index is -3.63. The van der Waals surface area contributed by atoms with Crippen LogP contribution in [0.3, 0.4) is 0 Å². The van der Waals surface area contributed by atoms with Crippen molar-refractivity contribution >= 4 is 16.0 Å². The molecule has 1 atom stereocenters. The lowest BCUT2D eigenvalue weighted by atomic mass is 10.1. The van der Waals surface area contributed by atoms with Gasteiger partial charge < -0.3 is 4.74 Å². The fraction of sp³-hybridized carbons (Fsp3) is 0.458. The summed E-state index contributed by atoms with van der Waals surface area (Å²) in [5.41, 5.74) is 1.94. The zero-order valence-electron chi connectivity index (χ0n) is 18.4. The molecule has 1 unspecified atom stereocenters. The molecule has 0 aromatic heterocycles. The summed E-state index contributed by atoms with van der Waals surface area (Å²) in [6, 6.07) is 16.2. The van der Waals surface area contributed by atoms with Crippen molar-refractivity contribution in [2.45, 2.75) is 50.2 Å². The lowest BCUT2D eigenvalue weighted by molar-refractivity contribution is -0.146. The highest BCUT2D eigenvalue weighted by Gasteiger charge is 2.29. The number of nitrogens with zero attached hydrogens (tertiary/aromatic N) is 2. The highest BCUT2D eigenvalue weighted by atomic mass is 32.2. The number of aryl methyl sites for hydroxylation is 1. The number of ether oxygens (including phenoxy) is 1. The van der Waals surface area contributed by atoms with Crippen molar-refractivity contribution in [2.75, 3.05) is 26.7 Å². The maximum Gasteiger partial charge on any atom is 0.307 e. The highest BCUT2D eigenvalue weighted by molar-refractivity contribution is 7.89. The van der Waals surface area contributed by atoms with Gasteiger partial charge in [0.15, 0.2) is 0 Å². The molecule has 1 heterocycles. The first kappa shape index (κ1) is 23.4. The highest BCUT2D eigenvalue weighted by Crippen LogP contribution is 2.20. The molecule has 7 heteroatoms. The van der Waals surface area contributed by atoms with Crippen LogP contribution in [0.1, 0.15) is 36.8 Å². The first-order valence-corrected chi connectivity index (χ1v) is 12.3. The quantitative estimate of drug-likeness (QED) is 0.553. The van der Waals surface area contributed by atoms with Gasteiger partial charge in [-0.05, 0) is 50.6 Å². The maximum absolute atomic E-state index is 13.0. The monoisotopic (exact) mass is 444 g/mol. The molecule has 1 saturated heterocycles. The van der Waals surface area contributed by atoms with Crippen molar-refractivity contribution in [3.8, 4) is 0 Å². The third-order valence-corrected chi connectivity index (χ3v) is 7.59. The second-order valence-corrected chi connectivity index (χ2v) is 10.2. The lowest BCUT2D eigenvalue weighted by Gasteiger charge is -2.36. The van der Waals surface area contributed by atoms with Crippen molar-refractivity contribution in [3.63, 3.8) is 0 Å². The van der Waals surface area contributed by atoms with E-state index in [0.717, 1.165) is 37.1 Å². The Morgan fingerprint density at radius 2 is 1.68 bits per heavy atom. The van der Waals surface area contributed by atoms with Gasteiger partial charge in [0.1, 0.15) is 6.61 Å². The third kappa shape index (κ3) is 6.63. The Bertz CT molecular complexity index is 939. The Labute approximate surface area is 185 Å². The zero-order valence-corrected chi connectivity index (χ0v) is 19.2. The Morgan fingerprint density at radius 3 is 2.32 bits per heavy atom. The van der Waals surface area contributed by atoms with Crippen LogP contribution < -0.4 is 0 Å². The van der Waals surface area contributed by atoms with Crippen LogP contribution in [0.4, 0.5) is 0 Å². The molecular weight excluding hydrogens is 412 g/mol. The van der Waals surface area contributed by atoms with E-state index in [9.17, 15) is 13.2 Å².